The minimum absolute atomic E-state index is 0.0255. The van der Waals surface area contributed by atoms with Crippen molar-refractivity contribution in [2.45, 2.75) is 13.3 Å². The van der Waals surface area contributed by atoms with Gasteiger partial charge in [0.1, 0.15) is 5.75 Å². The number of rotatable bonds is 3. The predicted molar refractivity (Wildman–Crippen MR) is 50.7 cm³/mol. The van der Waals surface area contributed by atoms with Crippen molar-refractivity contribution in [3.8, 4) is 5.75 Å². The predicted octanol–water partition coefficient (Wildman–Crippen LogP) is 2.46. The minimum Gasteiger partial charge on any atom is -0.410 e. The van der Waals surface area contributed by atoms with E-state index in [4.69, 9.17) is 4.74 Å². The monoisotopic (exact) mass is 215 g/mol. The minimum atomic E-state index is -1.05. The highest BCUT2D eigenvalue weighted by atomic mass is 19.2. The third kappa shape index (κ3) is 3.53. The Kier molecular flexibility index (Phi) is 4.03. The maximum atomic E-state index is 12.7. The third-order valence-corrected chi connectivity index (χ3v) is 1.62. The highest BCUT2D eigenvalue weighted by molar-refractivity contribution is 5.70. The zero-order chi connectivity index (χ0) is 11.3. The molecule has 1 N–H and O–H groups in total. The molecule has 5 heteroatoms. The molecule has 1 amide bonds. The zero-order valence-corrected chi connectivity index (χ0v) is 8.22. The maximum Gasteiger partial charge on any atom is 0.412 e. The highest BCUT2D eigenvalue weighted by Crippen LogP contribution is 2.15. The summed E-state index contributed by atoms with van der Waals surface area (Å²) in [5.74, 6) is -2.05. The van der Waals surface area contributed by atoms with E-state index in [-0.39, 0.29) is 5.75 Å². The Hall–Kier alpha value is -1.65. The van der Waals surface area contributed by atoms with E-state index in [2.05, 4.69) is 5.32 Å². The fraction of sp³-hybridized carbons (Fsp3) is 0.300. The quantitative estimate of drug-likeness (QED) is 0.841. The van der Waals surface area contributed by atoms with Gasteiger partial charge in [-0.1, -0.05) is 6.92 Å². The molecule has 82 valence electrons. The molecule has 0 aliphatic heterocycles. The molecule has 0 aliphatic rings. The summed E-state index contributed by atoms with van der Waals surface area (Å²) in [5.41, 5.74) is 0. The van der Waals surface area contributed by atoms with Crippen molar-refractivity contribution >= 4 is 6.09 Å². The molecule has 1 rings (SSSR count). The van der Waals surface area contributed by atoms with Crippen LogP contribution in [0.5, 0.6) is 5.75 Å². The molecule has 1 aromatic rings. The van der Waals surface area contributed by atoms with E-state index < -0.39 is 17.7 Å². The Balaban J connectivity index is 2.57. The second-order valence-corrected chi connectivity index (χ2v) is 2.89. The largest absolute Gasteiger partial charge is 0.412 e. The van der Waals surface area contributed by atoms with Gasteiger partial charge in [-0.05, 0) is 18.6 Å². The van der Waals surface area contributed by atoms with Crippen molar-refractivity contribution < 1.29 is 18.3 Å². The normalized spacial score (nSPS) is 9.80. The van der Waals surface area contributed by atoms with E-state index in [9.17, 15) is 13.6 Å². The maximum absolute atomic E-state index is 12.7. The van der Waals surface area contributed by atoms with Crippen LogP contribution in [-0.4, -0.2) is 12.6 Å². The lowest BCUT2D eigenvalue weighted by molar-refractivity contribution is 0.200. The van der Waals surface area contributed by atoms with Gasteiger partial charge in [0.05, 0.1) is 0 Å². The number of carbonyl (C=O) groups excluding carboxylic acids is 1. The number of carbonyl (C=O) groups is 1. The van der Waals surface area contributed by atoms with Gasteiger partial charge in [-0.25, -0.2) is 13.6 Å². The summed E-state index contributed by atoms with van der Waals surface area (Å²) in [6.45, 7) is 2.36. The first-order valence-corrected chi connectivity index (χ1v) is 4.54. The Labute approximate surface area is 86.0 Å². The molecule has 0 aliphatic carbocycles. The highest BCUT2D eigenvalue weighted by Gasteiger charge is 2.06. The van der Waals surface area contributed by atoms with Gasteiger partial charge in [0.2, 0.25) is 0 Å². The van der Waals surface area contributed by atoms with E-state index in [1.54, 1.807) is 0 Å². The summed E-state index contributed by atoms with van der Waals surface area (Å²) in [6.07, 6.45) is 0.0928. The average molecular weight is 215 g/mol. The van der Waals surface area contributed by atoms with Gasteiger partial charge in [0, 0.05) is 12.6 Å². The first-order valence-electron chi connectivity index (χ1n) is 4.54. The van der Waals surface area contributed by atoms with E-state index in [0.717, 1.165) is 18.6 Å². The van der Waals surface area contributed by atoms with Gasteiger partial charge < -0.3 is 10.1 Å². The summed E-state index contributed by atoms with van der Waals surface area (Å²) in [6, 6.07) is 2.91. The van der Waals surface area contributed by atoms with Crippen molar-refractivity contribution in [1.29, 1.82) is 0 Å². The molecule has 0 heterocycles. The average Bonchev–Trinajstić information content (AvgIpc) is 2.20. The Morgan fingerprint density at radius 3 is 2.73 bits per heavy atom. The molecule has 0 atom stereocenters. The van der Waals surface area contributed by atoms with Crippen LogP contribution in [0.2, 0.25) is 0 Å². The van der Waals surface area contributed by atoms with E-state index in [1.807, 2.05) is 6.92 Å². The fourth-order valence-electron chi connectivity index (χ4n) is 0.911. The summed E-state index contributed by atoms with van der Waals surface area (Å²) in [4.78, 5) is 11.0. The molecule has 0 fully saturated rings. The lowest BCUT2D eigenvalue weighted by atomic mass is 10.3. The van der Waals surface area contributed by atoms with Crippen LogP contribution in [0.1, 0.15) is 13.3 Å². The molecule has 0 saturated carbocycles. The number of hydrogen-bond donors (Lipinski definition) is 1. The van der Waals surface area contributed by atoms with Crippen LogP contribution in [0.4, 0.5) is 13.6 Å². The lowest BCUT2D eigenvalue weighted by Crippen LogP contribution is -2.27. The molecular weight excluding hydrogens is 204 g/mol. The van der Waals surface area contributed by atoms with Crippen LogP contribution < -0.4 is 10.1 Å². The van der Waals surface area contributed by atoms with Gasteiger partial charge in [-0.3, -0.25) is 0 Å². The second-order valence-electron chi connectivity index (χ2n) is 2.89. The molecule has 0 saturated heterocycles. The number of amides is 1. The van der Waals surface area contributed by atoms with Crippen molar-refractivity contribution in [3.63, 3.8) is 0 Å². The Morgan fingerprint density at radius 2 is 2.13 bits per heavy atom. The van der Waals surface area contributed by atoms with Gasteiger partial charge in [-0.15, -0.1) is 0 Å². The van der Waals surface area contributed by atoms with Crippen LogP contribution in [0, 0.1) is 11.6 Å². The number of ether oxygens (including phenoxy) is 1. The first-order chi connectivity index (χ1) is 7.13. The fourth-order valence-corrected chi connectivity index (χ4v) is 0.911. The molecule has 0 aromatic heterocycles. The smallest absolute Gasteiger partial charge is 0.410 e. The number of benzene rings is 1. The summed E-state index contributed by atoms with van der Waals surface area (Å²) < 4.78 is 29.9. The van der Waals surface area contributed by atoms with Crippen LogP contribution in [0.15, 0.2) is 18.2 Å². The van der Waals surface area contributed by atoms with Gasteiger partial charge >= 0.3 is 6.09 Å². The standard InChI is InChI=1S/C10H11F2NO2/c1-2-5-13-10(14)15-7-3-4-8(11)9(12)6-7/h3-4,6H,2,5H2,1H3,(H,13,14). The molecule has 0 radical (unpaired) electrons. The molecule has 15 heavy (non-hydrogen) atoms. The zero-order valence-electron chi connectivity index (χ0n) is 8.22. The Bertz CT molecular complexity index is 355. The van der Waals surface area contributed by atoms with Crippen molar-refractivity contribution in [2.24, 2.45) is 0 Å². The molecular formula is C10H11F2NO2. The van der Waals surface area contributed by atoms with Crippen LogP contribution >= 0.6 is 0 Å². The SMILES string of the molecule is CCCNC(=O)Oc1ccc(F)c(F)c1. The molecule has 3 nitrogen and oxygen atoms in total. The second kappa shape index (κ2) is 5.29. The summed E-state index contributed by atoms with van der Waals surface area (Å²) in [7, 11) is 0. The first kappa shape index (κ1) is 11.4. The van der Waals surface area contributed by atoms with Crippen molar-refractivity contribution in [1.82, 2.24) is 5.32 Å². The van der Waals surface area contributed by atoms with E-state index in [1.165, 1.54) is 6.07 Å². The number of hydrogen-bond acceptors (Lipinski definition) is 2. The topological polar surface area (TPSA) is 38.3 Å². The number of nitrogens with one attached hydrogen (secondary N) is 1. The molecule has 1 aromatic carbocycles. The van der Waals surface area contributed by atoms with Crippen molar-refractivity contribution in [3.05, 3.63) is 29.8 Å². The summed E-state index contributed by atoms with van der Waals surface area (Å²) >= 11 is 0. The molecule has 0 bridgehead atoms. The molecule has 0 unspecified atom stereocenters. The van der Waals surface area contributed by atoms with Gasteiger partial charge in [-0.2, -0.15) is 0 Å². The Morgan fingerprint density at radius 1 is 1.40 bits per heavy atom. The van der Waals surface area contributed by atoms with Crippen molar-refractivity contribution in [2.75, 3.05) is 6.54 Å². The van der Waals surface area contributed by atoms with Crippen LogP contribution in [0.25, 0.3) is 0 Å². The molecule has 0 spiro atoms. The summed E-state index contributed by atoms with van der Waals surface area (Å²) in [5, 5.41) is 2.44. The lowest BCUT2D eigenvalue weighted by Gasteiger charge is -2.05. The number of halogens is 2. The van der Waals surface area contributed by atoms with Crippen LogP contribution in [-0.2, 0) is 0 Å². The van der Waals surface area contributed by atoms with E-state index >= 15 is 0 Å². The van der Waals surface area contributed by atoms with Crippen LogP contribution in [0.3, 0.4) is 0 Å². The van der Waals surface area contributed by atoms with Gasteiger partial charge in [0.15, 0.2) is 11.6 Å². The van der Waals surface area contributed by atoms with E-state index in [0.29, 0.717) is 6.54 Å². The van der Waals surface area contributed by atoms with Gasteiger partial charge in [0.25, 0.3) is 0 Å². The third-order valence-electron chi connectivity index (χ3n) is 1.62.